The van der Waals surface area contributed by atoms with Gasteiger partial charge in [0, 0.05) is 12.6 Å². The number of aryl methyl sites for hydroxylation is 1. The number of nitrogens with zero attached hydrogens (tertiary/aromatic N) is 4. The molecule has 4 aromatic rings. The van der Waals surface area contributed by atoms with Crippen molar-refractivity contribution in [1.29, 1.82) is 0 Å². The molecule has 0 fully saturated rings. The van der Waals surface area contributed by atoms with E-state index in [9.17, 15) is 9.59 Å². The van der Waals surface area contributed by atoms with Gasteiger partial charge in [-0.25, -0.2) is 0 Å². The summed E-state index contributed by atoms with van der Waals surface area (Å²) in [5.41, 5.74) is 1.15. The zero-order chi connectivity index (χ0) is 24.2. The molecule has 178 valence electrons. The molecule has 10 heteroatoms. The highest BCUT2D eigenvalue weighted by atomic mass is 32.2. The number of amides is 1. The fourth-order valence-electron chi connectivity index (χ4n) is 3.64. The Hall–Kier alpha value is -3.53. The minimum Gasteiger partial charge on any atom is -0.497 e. The van der Waals surface area contributed by atoms with E-state index < -0.39 is 0 Å². The quantitative estimate of drug-likeness (QED) is 0.363. The molecule has 1 N–H and O–H groups in total. The molecule has 2 aromatic heterocycles. The van der Waals surface area contributed by atoms with Crippen LogP contribution in [0.4, 0.5) is 5.69 Å². The number of hydrogen-bond acceptors (Lipinski definition) is 7. The molecule has 0 saturated heterocycles. The first kappa shape index (κ1) is 23.6. The van der Waals surface area contributed by atoms with Crippen LogP contribution in [0.25, 0.3) is 16.7 Å². The molecule has 0 aliphatic rings. The van der Waals surface area contributed by atoms with E-state index in [-0.39, 0.29) is 17.2 Å². The number of rotatable bonds is 9. The number of fused-ring (bicyclic) bond motifs is 3. The maximum atomic E-state index is 13.1. The van der Waals surface area contributed by atoms with Gasteiger partial charge in [-0.1, -0.05) is 37.7 Å². The number of carbonyl (C=O) groups is 1. The van der Waals surface area contributed by atoms with Gasteiger partial charge in [0.05, 0.1) is 36.6 Å². The number of benzene rings is 2. The van der Waals surface area contributed by atoms with Gasteiger partial charge in [-0.3, -0.25) is 18.6 Å². The summed E-state index contributed by atoms with van der Waals surface area (Å²) in [6.07, 6.45) is 0.841. The van der Waals surface area contributed by atoms with Crippen molar-refractivity contribution < 1.29 is 14.3 Å². The molecule has 2 aromatic carbocycles. The Morgan fingerprint density at radius 3 is 2.65 bits per heavy atom. The van der Waals surface area contributed by atoms with Gasteiger partial charge in [0.25, 0.3) is 5.56 Å². The number of methoxy groups -OCH3 is 2. The van der Waals surface area contributed by atoms with E-state index in [1.54, 1.807) is 43.1 Å². The molecule has 0 bridgehead atoms. The van der Waals surface area contributed by atoms with Gasteiger partial charge in [0.2, 0.25) is 11.7 Å². The van der Waals surface area contributed by atoms with Crippen LogP contribution in [-0.2, 0) is 11.3 Å². The van der Waals surface area contributed by atoms with Crippen LogP contribution in [0.2, 0.25) is 0 Å². The molecule has 0 atom stereocenters. The summed E-state index contributed by atoms with van der Waals surface area (Å²) in [5.74, 6) is 1.92. The molecular formula is C24H27N5O4S. The number of thioether (sulfide) groups is 1. The van der Waals surface area contributed by atoms with E-state index in [0.717, 1.165) is 6.42 Å². The first-order chi connectivity index (χ1) is 16.4. The molecule has 0 spiro atoms. The second-order valence-corrected chi connectivity index (χ2v) is 9.12. The van der Waals surface area contributed by atoms with Crippen LogP contribution in [0.5, 0.6) is 11.5 Å². The van der Waals surface area contributed by atoms with Crippen molar-refractivity contribution in [3.8, 4) is 11.5 Å². The molecular weight excluding hydrogens is 454 g/mol. The van der Waals surface area contributed by atoms with Crippen molar-refractivity contribution in [2.45, 2.75) is 32.0 Å². The molecule has 2 heterocycles. The number of hydrogen-bond donors (Lipinski definition) is 1. The van der Waals surface area contributed by atoms with Crippen LogP contribution in [0.15, 0.2) is 52.4 Å². The van der Waals surface area contributed by atoms with E-state index in [1.165, 1.54) is 11.8 Å². The van der Waals surface area contributed by atoms with Gasteiger partial charge in [0.1, 0.15) is 11.5 Å². The van der Waals surface area contributed by atoms with Gasteiger partial charge in [-0.05, 0) is 36.6 Å². The lowest BCUT2D eigenvalue weighted by Gasteiger charge is -2.13. The van der Waals surface area contributed by atoms with Crippen molar-refractivity contribution in [2.75, 3.05) is 25.3 Å². The highest BCUT2D eigenvalue weighted by Crippen LogP contribution is 2.29. The third-order valence-corrected chi connectivity index (χ3v) is 6.35. The summed E-state index contributed by atoms with van der Waals surface area (Å²) in [4.78, 5) is 25.9. The maximum Gasteiger partial charge on any atom is 0.262 e. The van der Waals surface area contributed by atoms with Crippen molar-refractivity contribution in [3.05, 3.63) is 52.8 Å². The molecule has 34 heavy (non-hydrogen) atoms. The summed E-state index contributed by atoms with van der Waals surface area (Å²) >= 11 is 1.25. The Kier molecular flexibility index (Phi) is 7.06. The van der Waals surface area contributed by atoms with Crippen LogP contribution in [-0.4, -0.2) is 45.0 Å². The van der Waals surface area contributed by atoms with E-state index in [1.807, 2.05) is 22.6 Å². The van der Waals surface area contributed by atoms with Gasteiger partial charge in [0.15, 0.2) is 5.16 Å². The Morgan fingerprint density at radius 2 is 1.91 bits per heavy atom. The van der Waals surface area contributed by atoms with Crippen LogP contribution in [0.1, 0.15) is 20.3 Å². The molecule has 4 rings (SSSR count). The SMILES string of the molecule is COc1ccc(OC)c(NC(=O)CSc2nnc3n(CCC(C)C)c(=O)c4ccccc4n23)c1. The van der Waals surface area contributed by atoms with Crippen LogP contribution < -0.4 is 20.3 Å². The average molecular weight is 482 g/mol. The predicted octanol–water partition coefficient (Wildman–Crippen LogP) is 3.84. The summed E-state index contributed by atoms with van der Waals surface area (Å²) in [6.45, 7) is 4.78. The zero-order valence-corrected chi connectivity index (χ0v) is 20.4. The zero-order valence-electron chi connectivity index (χ0n) is 19.6. The van der Waals surface area contributed by atoms with Gasteiger partial charge < -0.3 is 14.8 Å². The Morgan fingerprint density at radius 1 is 1.12 bits per heavy atom. The predicted molar refractivity (Wildman–Crippen MR) is 133 cm³/mol. The highest BCUT2D eigenvalue weighted by molar-refractivity contribution is 7.99. The number of para-hydroxylation sites is 1. The largest absolute Gasteiger partial charge is 0.497 e. The number of ether oxygens (including phenoxy) is 2. The van der Waals surface area contributed by atoms with E-state index in [4.69, 9.17) is 9.47 Å². The summed E-state index contributed by atoms with van der Waals surface area (Å²) in [5, 5.41) is 12.6. The molecule has 0 aliphatic carbocycles. The fourth-order valence-corrected chi connectivity index (χ4v) is 4.38. The lowest BCUT2D eigenvalue weighted by Crippen LogP contribution is -2.24. The number of nitrogens with one attached hydrogen (secondary N) is 1. The van der Waals surface area contributed by atoms with Gasteiger partial charge in [-0.2, -0.15) is 0 Å². The standard InChI is InChI=1S/C24H27N5O4S/c1-15(2)11-12-28-22(31)17-7-5-6-8-19(17)29-23(28)26-27-24(29)34-14-21(30)25-18-13-16(32-3)9-10-20(18)33-4/h5-10,13,15H,11-12,14H2,1-4H3,(H,25,30). The first-order valence-electron chi connectivity index (χ1n) is 10.9. The minimum absolute atomic E-state index is 0.0874. The monoisotopic (exact) mass is 481 g/mol. The van der Waals surface area contributed by atoms with E-state index in [0.29, 0.717) is 51.5 Å². The molecule has 0 saturated carbocycles. The third-order valence-electron chi connectivity index (χ3n) is 5.42. The number of aromatic nitrogens is 4. The normalized spacial score (nSPS) is 11.3. The third kappa shape index (κ3) is 4.72. The molecule has 0 unspecified atom stereocenters. The second kappa shape index (κ2) is 10.2. The second-order valence-electron chi connectivity index (χ2n) is 8.18. The lowest BCUT2D eigenvalue weighted by molar-refractivity contribution is -0.113. The van der Waals surface area contributed by atoms with Gasteiger partial charge >= 0.3 is 0 Å². The van der Waals surface area contributed by atoms with Crippen molar-refractivity contribution in [3.63, 3.8) is 0 Å². The Bertz CT molecular complexity index is 1400. The summed E-state index contributed by atoms with van der Waals surface area (Å²) in [7, 11) is 3.10. The van der Waals surface area contributed by atoms with Crippen molar-refractivity contribution in [1.82, 2.24) is 19.2 Å². The first-order valence-corrected chi connectivity index (χ1v) is 11.9. The van der Waals surface area contributed by atoms with Gasteiger partial charge in [-0.15, -0.1) is 10.2 Å². The molecule has 0 radical (unpaired) electrons. The number of anilines is 1. The van der Waals surface area contributed by atoms with E-state index >= 15 is 0 Å². The topological polar surface area (TPSA) is 99.8 Å². The molecule has 9 nitrogen and oxygen atoms in total. The fraction of sp³-hybridized carbons (Fsp3) is 0.333. The highest BCUT2D eigenvalue weighted by Gasteiger charge is 2.18. The molecule has 0 aliphatic heterocycles. The van der Waals surface area contributed by atoms with Crippen molar-refractivity contribution in [2.24, 2.45) is 5.92 Å². The van der Waals surface area contributed by atoms with E-state index in [2.05, 4.69) is 29.4 Å². The Labute approximate surface area is 201 Å². The van der Waals surface area contributed by atoms with Crippen LogP contribution in [0.3, 0.4) is 0 Å². The van der Waals surface area contributed by atoms with Crippen molar-refractivity contribution >= 4 is 40.0 Å². The lowest BCUT2D eigenvalue weighted by atomic mass is 10.1. The average Bonchev–Trinajstić information content (AvgIpc) is 3.26. The Balaban J connectivity index is 1.63. The smallest absolute Gasteiger partial charge is 0.262 e. The number of carbonyl (C=O) groups excluding carboxylic acids is 1. The van der Waals surface area contributed by atoms with Crippen LogP contribution in [0, 0.1) is 5.92 Å². The maximum absolute atomic E-state index is 13.1. The van der Waals surface area contributed by atoms with Crippen LogP contribution >= 0.6 is 11.8 Å². The minimum atomic E-state index is -0.231. The summed E-state index contributed by atoms with van der Waals surface area (Å²) < 4.78 is 14.1. The summed E-state index contributed by atoms with van der Waals surface area (Å²) in [6, 6.07) is 12.6. The molecule has 1 amide bonds.